The molecule has 31 heavy (non-hydrogen) atoms. The van der Waals surface area contributed by atoms with Crippen molar-refractivity contribution in [1.82, 2.24) is 19.6 Å². The molecule has 1 atom stereocenters. The van der Waals surface area contributed by atoms with Crippen LogP contribution in [-0.4, -0.2) is 63.9 Å². The van der Waals surface area contributed by atoms with Gasteiger partial charge in [0.05, 0.1) is 11.3 Å². The number of aryl methyl sites for hydroxylation is 3. The Labute approximate surface area is 186 Å². The van der Waals surface area contributed by atoms with E-state index in [1.54, 1.807) is 0 Å². The number of carbonyl (C=O) groups excluding carboxylic acids is 1. The zero-order valence-corrected chi connectivity index (χ0v) is 19.2. The summed E-state index contributed by atoms with van der Waals surface area (Å²) in [5.41, 5.74) is 3.41. The fraction of sp³-hybridized carbons (Fsp3) is 0.600. The Bertz CT molecular complexity index is 871. The maximum atomic E-state index is 12.8. The molecule has 6 nitrogen and oxygen atoms in total. The van der Waals surface area contributed by atoms with Crippen molar-refractivity contribution >= 4 is 5.91 Å². The molecular formula is C25H36N4O2. The van der Waals surface area contributed by atoms with Gasteiger partial charge in [0, 0.05) is 50.9 Å². The van der Waals surface area contributed by atoms with E-state index in [-0.39, 0.29) is 11.5 Å². The highest BCUT2D eigenvalue weighted by Crippen LogP contribution is 2.37. The molecule has 2 saturated heterocycles. The van der Waals surface area contributed by atoms with E-state index in [9.17, 15) is 4.79 Å². The lowest BCUT2D eigenvalue weighted by atomic mass is 9.81. The molecule has 1 aromatic carbocycles. The molecule has 2 fully saturated rings. The Morgan fingerprint density at radius 2 is 1.97 bits per heavy atom. The molecule has 1 aromatic heterocycles. The van der Waals surface area contributed by atoms with Crippen LogP contribution in [0.1, 0.15) is 49.1 Å². The quantitative estimate of drug-likeness (QED) is 0.712. The molecule has 0 N–H and O–H groups in total. The molecular weight excluding hydrogens is 388 g/mol. The van der Waals surface area contributed by atoms with Crippen LogP contribution in [0.4, 0.5) is 0 Å². The van der Waals surface area contributed by atoms with E-state index in [2.05, 4.69) is 53.4 Å². The van der Waals surface area contributed by atoms with Crippen molar-refractivity contribution in [2.45, 2.75) is 70.7 Å². The summed E-state index contributed by atoms with van der Waals surface area (Å²) in [6.45, 7) is 8.07. The molecule has 0 saturated carbocycles. The predicted octanol–water partition coefficient (Wildman–Crippen LogP) is 3.56. The van der Waals surface area contributed by atoms with E-state index in [1.165, 1.54) is 5.56 Å². The monoisotopic (exact) mass is 424 g/mol. The second-order valence-electron chi connectivity index (χ2n) is 9.36. The average Bonchev–Trinajstić information content (AvgIpc) is 3.10. The number of ether oxygens (including phenoxy) is 1. The molecule has 0 aliphatic carbocycles. The predicted molar refractivity (Wildman–Crippen MR) is 122 cm³/mol. The topological polar surface area (TPSA) is 50.6 Å². The van der Waals surface area contributed by atoms with Gasteiger partial charge in [-0.25, -0.2) is 0 Å². The molecule has 3 heterocycles. The van der Waals surface area contributed by atoms with E-state index in [0.29, 0.717) is 19.0 Å². The van der Waals surface area contributed by atoms with Gasteiger partial charge < -0.3 is 9.64 Å². The lowest BCUT2D eigenvalue weighted by molar-refractivity contribution is -0.149. The first-order chi connectivity index (χ1) is 14.9. The van der Waals surface area contributed by atoms with Gasteiger partial charge in [0.15, 0.2) is 0 Å². The molecule has 6 heteroatoms. The molecule has 0 bridgehead atoms. The van der Waals surface area contributed by atoms with Crippen LogP contribution in [0.25, 0.3) is 0 Å². The van der Waals surface area contributed by atoms with Gasteiger partial charge in [0.25, 0.3) is 0 Å². The van der Waals surface area contributed by atoms with Crippen LogP contribution in [0, 0.1) is 13.8 Å². The number of likely N-dealkylation sites (tertiary alicyclic amines) is 1. The number of benzene rings is 1. The summed E-state index contributed by atoms with van der Waals surface area (Å²) >= 11 is 0. The van der Waals surface area contributed by atoms with Crippen LogP contribution in [0.2, 0.25) is 0 Å². The summed E-state index contributed by atoms with van der Waals surface area (Å²) in [6, 6.07) is 13.3. The lowest BCUT2D eigenvalue weighted by Crippen LogP contribution is -2.54. The van der Waals surface area contributed by atoms with Crippen molar-refractivity contribution in [1.29, 1.82) is 0 Å². The molecule has 1 spiro atoms. The summed E-state index contributed by atoms with van der Waals surface area (Å²) in [5, 5.41) is 4.47. The van der Waals surface area contributed by atoms with E-state index in [0.717, 1.165) is 63.3 Å². The van der Waals surface area contributed by atoms with Crippen LogP contribution in [0.5, 0.6) is 0 Å². The number of hydrogen-bond acceptors (Lipinski definition) is 4. The van der Waals surface area contributed by atoms with Crippen LogP contribution < -0.4 is 0 Å². The van der Waals surface area contributed by atoms with E-state index in [1.807, 2.05) is 23.4 Å². The number of aromatic nitrogens is 2. The molecule has 0 radical (unpaired) electrons. The average molecular weight is 425 g/mol. The van der Waals surface area contributed by atoms with Gasteiger partial charge in [-0.15, -0.1) is 0 Å². The second kappa shape index (κ2) is 9.53. The minimum atomic E-state index is -0.0691. The van der Waals surface area contributed by atoms with Crippen molar-refractivity contribution in [3.63, 3.8) is 0 Å². The van der Waals surface area contributed by atoms with Crippen LogP contribution in [0.15, 0.2) is 36.4 Å². The lowest BCUT2D eigenvalue weighted by Gasteiger charge is -2.48. The van der Waals surface area contributed by atoms with Gasteiger partial charge in [-0.1, -0.05) is 30.3 Å². The molecule has 168 valence electrons. The van der Waals surface area contributed by atoms with Gasteiger partial charge >= 0.3 is 0 Å². The Hall–Kier alpha value is -2.18. The number of hydrogen-bond donors (Lipinski definition) is 0. The number of carbonyl (C=O) groups is 1. The zero-order chi connectivity index (χ0) is 21.8. The highest BCUT2D eigenvalue weighted by molar-refractivity contribution is 5.76. The maximum Gasteiger partial charge on any atom is 0.224 e. The maximum absolute atomic E-state index is 12.8. The smallest absolute Gasteiger partial charge is 0.224 e. The third kappa shape index (κ3) is 5.36. The molecule has 2 aromatic rings. The van der Waals surface area contributed by atoms with Crippen molar-refractivity contribution in [2.24, 2.45) is 0 Å². The summed E-state index contributed by atoms with van der Waals surface area (Å²) in [6.07, 6.45) is 4.53. The van der Waals surface area contributed by atoms with Crippen molar-refractivity contribution < 1.29 is 9.53 Å². The fourth-order valence-electron chi connectivity index (χ4n) is 5.15. The minimum Gasteiger partial charge on any atom is -0.375 e. The number of nitrogens with zero attached hydrogens (tertiary/aromatic N) is 4. The number of amides is 1. The first kappa shape index (κ1) is 22.0. The Morgan fingerprint density at radius 3 is 2.65 bits per heavy atom. The van der Waals surface area contributed by atoms with Crippen LogP contribution in [-0.2, 0) is 22.6 Å². The molecule has 4 rings (SSSR count). The normalized spacial score (nSPS) is 21.0. The van der Waals surface area contributed by atoms with Crippen LogP contribution >= 0.6 is 0 Å². The zero-order valence-electron chi connectivity index (χ0n) is 19.2. The number of piperidine rings is 1. The van der Waals surface area contributed by atoms with Crippen molar-refractivity contribution in [3.05, 3.63) is 53.3 Å². The highest BCUT2D eigenvalue weighted by Gasteiger charge is 2.42. The van der Waals surface area contributed by atoms with E-state index in [4.69, 9.17) is 4.74 Å². The summed E-state index contributed by atoms with van der Waals surface area (Å²) < 4.78 is 8.27. The van der Waals surface area contributed by atoms with E-state index >= 15 is 0 Å². The molecule has 2 aliphatic rings. The standard InChI is InChI=1S/C25H36N4O2/c1-20-17-21(2)29(26-20)13-9-24(30)28-14-11-25(12-15-28)18-23(10-16-31-25)27(3)19-22-7-5-4-6-8-22/h4-8,17,23H,9-16,18-19H2,1-3H3/t23-/m0/s1. The highest BCUT2D eigenvalue weighted by atomic mass is 16.5. The Kier molecular flexibility index (Phi) is 6.77. The third-order valence-electron chi connectivity index (χ3n) is 7.03. The Balaban J connectivity index is 1.27. The van der Waals surface area contributed by atoms with Crippen LogP contribution in [0.3, 0.4) is 0 Å². The van der Waals surface area contributed by atoms with Gasteiger partial charge in [0.1, 0.15) is 0 Å². The van der Waals surface area contributed by atoms with Gasteiger partial charge in [-0.3, -0.25) is 14.4 Å². The first-order valence-corrected chi connectivity index (χ1v) is 11.6. The van der Waals surface area contributed by atoms with Crippen molar-refractivity contribution in [3.8, 4) is 0 Å². The SMILES string of the molecule is Cc1cc(C)n(CCC(=O)N2CCC3(CC2)C[C@@H](N(C)Cc2ccccc2)CCO3)n1. The molecule has 2 aliphatic heterocycles. The second-order valence-corrected chi connectivity index (χ2v) is 9.36. The molecule has 1 amide bonds. The third-order valence-corrected chi connectivity index (χ3v) is 7.03. The summed E-state index contributed by atoms with van der Waals surface area (Å²) in [5.74, 6) is 0.232. The van der Waals surface area contributed by atoms with Crippen molar-refractivity contribution in [2.75, 3.05) is 26.7 Å². The molecule has 0 unspecified atom stereocenters. The minimum absolute atomic E-state index is 0.0691. The van der Waals surface area contributed by atoms with Gasteiger partial charge in [-0.2, -0.15) is 5.10 Å². The van der Waals surface area contributed by atoms with E-state index < -0.39 is 0 Å². The largest absolute Gasteiger partial charge is 0.375 e. The summed E-state index contributed by atoms with van der Waals surface area (Å²) in [4.78, 5) is 17.3. The Morgan fingerprint density at radius 1 is 1.23 bits per heavy atom. The fourth-order valence-corrected chi connectivity index (χ4v) is 5.15. The van der Waals surface area contributed by atoms with Gasteiger partial charge in [0.2, 0.25) is 5.91 Å². The number of rotatable bonds is 6. The van der Waals surface area contributed by atoms with Gasteiger partial charge in [-0.05, 0) is 58.2 Å². The first-order valence-electron chi connectivity index (χ1n) is 11.6. The summed E-state index contributed by atoms with van der Waals surface area (Å²) in [7, 11) is 2.23.